The summed E-state index contributed by atoms with van der Waals surface area (Å²) in [4.78, 5) is 11.1. The van der Waals surface area contributed by atoms with Crippen molar-refractivity contribution in [2.45, 2.75) is 38.9 Å². The second-order valence-electron chi connectivity index (χ2n) is 6.85. The Morgan fingerprint density at radius 2 is 2.00 bits per heavy atom. The van der Waals surface area contributed by atoms with Crippen molar-refractivity contribution in [1.82, 2.24) is 30.3 Å². The van der Waals surface area contributed by atoms with E-state index >= 15 is 0 Å². The van der Waals surface area contributed by atoms with E-state index in [0.29, 0.717) is 12.6 Å². The Hall–Kier alpha value is -1.68. The molecule has 0 radical (unpaired) electrons. The summed E-state index contributed by atoms with van der Waals surface area (Å²) >= 11 is 0. The maximum atomic E-state index is 4.33. The summed E-state index contributed by atoms with van der Waals surface area (Å²) in [5, 5.41) is 10.9. The van der Waals surface area contributed by atoms with Crippen molar-refractivity contribution in [1.29, 1.82) is 0 Å². The fourth-order valence-electron chi connectivity index (χ4n) is 3.29. The maximum Gasteiger partial charge on any atom is 0.191 e. The Bertz CT molecular complexity index is 735. The molecule has 0 bridgehead atoms. The zero-order valence-corrected chi connectivity index (χ0v) is 18.7. The predicted molar refractivity (Wildman–Crippen MR) is 119 cm³/mol. The van der Waals surface area contributed by atoms with Gasteiger partial charge in [0.1, 0.15) is 12.2 Å². The molecular weight excluding hydrogens is 453 g/mol. The lowest BCUT2D eigenvalue weighted by atomic mass is 10.0. The van der Waals surface area contributed by atoms with Crippen molar-refractivity contribution >= 4 is 29.9 Å². The highest BCUT2D eigenvalue weighted by Crippen LogP contribution is 2.16. The third kappa shape index (κ3) is 6.17. The number of guanidine groups is 1. The number of benzene rings is 1. The monoisotopic (exact) mass is 483 g/mol. The molecule has 8 heteroatoms. The fraction of sp³-hybridized carbons (Fsp3) is 0.526. The number of hydrogen-bond acceptors (Lipinski definition) is 4. The van der Waals surface area contributed by atoms with Gasteiger partial charge in [0, 0.05) is 39.8 Å². The van der Waals surface area contributed by atoms with Gasteiger partial charge in [0.2, 0.25) is 0 Å². The van der Waals surface area contributed by atoms with Crippen molar-refractivity contribution in [3.63, 3.8) is 0 Å². The normalized spacial score (nSPS) is 16.0. The number of aromatic nitrogens is 3. The van der Waals surface area contributed by atoms with Crippen LogP contribution < -0.4 is 10.6 Å². The third-order valence-electron chi connectivity index (χ3n) is 5.03. The van der Waals surface area contributed by atoms with Crippen LogP contribution >= 0.6 is 24.0 Å². The van der Waals surface area contributed by atoms with Gasteiger partial charge in [-0.3, -0.25) is 14.6 Å². The first kappa shape index (κ1) is 21.6. The van der Waals surface area contributed by atoms with E-state index in [1.807, 2.05) is 7.05 Å². The molecule has 1 aromatic carbocycles. The van der Waals surface area contributed by atoms with E-state index in [4.69, 9.17) is 0 Å². The lowest BCUT2D eigenvalue weighted by Crippen LogP contribution is -2.48. The van der Waals surface area contributed by atoms with E-state index in [2.05, 4.69) is 61.8 Å². The first-order valence-corrected chi connectivity index (χ1v) is 9.22. The Morgan fingerprint density at radius 3 is 2.63 bits per heavy atom. The minimum absolute atomic E-state index is 0. The van der Waals surface area contributed by atoms with E-state index in [0.717, 1.165) is 44.3 Å². The molecule has 0 atom stereocenters. The van der Waals surface area contributed by atoms with Gasteiger partial charge in [-0.15, -0.1) is 24.0 Å². The van der Waals surface area contributed by atoms with Crippen molar-refractivity contribution in [3.8, 4) is 0 Å². The van der Waals surface area contributed by atoms with Gasteiger partial charge in [-0.05, 0) is 30.9 Å². The topological polar surface area (TPSA) is 70.4 Å². The maximum absolute atomic E-state index is 4.33. The molecule has 0 amide bonds. The zero-order valence-electron chi connectivity index (χ0n) is 16.4. The quantitative estimate of drug-likeness (QED) is 0.387. The first-order chi connectivity index (χ1) is 12.7. The number of rotatable bonds is 5. The van der Waals surface area contributed by atoms with Crippen LogP contribution in [0.1, 0.15) is 29.8 Å². The highest BCUT2D eigenvalue weighted by atomic mass is 127. The number of nitrogens with zero attached hydrogens (tertiary/aromatic N) is 5. The molecule has 2 N–H and O–H groups in total. The molecule has 1 saturated heterocycles. The Kier molecular flexibility index (Phi) is 8.49. The molecule has 148 valence electrons. The third-order valence-corrected chi connectivity index (χ3v) is 5.03. The van der Waals surface area contributed by atoms with E-state index in [9.17, 15) is 0 Å². The molecule has 0 unspecified atom stereocenters. The van der Waals surface area contributed by atoms with Crippen molar-refractivity contribution in [2.24, 2.45) is 12.0 Å². The average molecular weight is 483 g/mol. The first-order valence-electron chi connectivity index (χ1n) is 9.22. The number of aliphatic imine (C=N–C) groups is 1. The number of likely N-dealkylation sites (tertiary alicyclic amines) is 1. The van der Waals surface area contributed by atoms with Crippen LogP contribution in [-0.2, 0) is 20.1 Å². The molecule has 1 aliphatic heterocycles. The molecule has 2 heterocycles. The SMILES string of the molecule is CN=C(NCc1ncnn1C)NC1CCN(Cc2ccccc2C)CC1.I. The van der Waals surface area contributed by atoms with Crippen LogP contribution in [0.15, 0.2) is 35.6 Å². The number of aryl methyl sites for hydroxylation is 2. The second-order valence-corrected chi connectivity index (χ2v) is 6.85. The minimum Gasteiger partial charge on any atom is -0.354 e. The lowest BCUT2D eigenvalue weighted by molar-refractivity contribution is 0.198. The van der Waals surface area contributed by atoms with E-state index in [1.165, 1.54) is 11.1 Å². The smallest absolute Gasteiger partial charge is 0.191 e. The van der Waals surface area contributed by atoms with Crippen molar-refractivity contribution in [2.75, 3.05) is 20.1 Å². The second kappa shape index (κ2) is 10.6. The number of nitrogens with one attached hydrogen (secondary N) is 2. The van der Waals surface area contributed by atoms with E-state index in [1.54, 1.807) is 18.1 Å². The van der Waals surface area contributed by atoms with Crippen LogP contribution in [-0.4, -0.2) is 51.8 Å². The van der Waals surface area contributed by atoms with Crippen LogP contribution in [0.2, 0.25) is 0 Å². The van der Waals surface area contributed by atoms with Gasteiger partial charge in [-0.25, -0.2) is 4.98 Å². The summed E-state index contributed by atoms with van der Waals surface area (Å²) in [5.74, 6) is 1.71. The number of halogens is 1. The molecule has 0 spiro atoms. The summed E-state index contributed by atoms with van der Waals surface area (Å²) in [6, 6.07) is 9.11. The molecule has 3 rings (SSSR count). The molecule has 1 aromatic heterocycles. The van der Waals surface area contributed by atoms with Crippen molar-refractivity contribution in [3.05, 3.63) is 47.5 Å². The van der Waals surface area contributed by atoms with Gasteiger partial charge in [-0.1, -0.05) is 24.3 Å². The number of piperidine rings is 1. The van der Waals surface area contributed by atoms with Crippen LogP contribution in [0.4, 0.5) is 0 Å². The number of hydrogen-bond donors (Lipinski definition) is 2. The van der Waals surface area contributed by atoms with E-state index < -0.39 is 0 Å². The van der Waals surface area contributed by atoms with Crippen molar-refractivity contribution < 1.29 is 0 Å². The average Bonchev–Trinajstić information content (AvgIpc) is 3.07. The fourth-order valence-corrected chi connectivity index (χ4v) is 3.29. The molecular formula is C19H30IN7. The highest BCUT2D eigenvalue weighted by molar-refractivity contribution is 14.0. The summed E-state index contributed by atoms with van der Waals surface area (Å²) in [6.45, 7) is 6.05. The van der Waals surface area contributed by atoms with E-state index in [-0.39, 0.29) is 24.0 Å². The van der Waals surface area contributed by atoms with Gasteiger partial charge < -0.3 is 10.6 Å². The molecule has 7 nitrogen and oxygen atoms in total. The molecule has 1 fully saturated rings. The molecule has 1 aliphatic rings. The molecule has 27 heavy (non-hydrogen) atoms. The van der Waals surface area contributed by atoms with Crippen LogP contribution in [0.5, 0.6) is 0 Å². The minimum atomic E-state index is 0. The van der Waals surface area contributed by atoms with Gasteiger partial charge in [-0.2, -0.15) is 5.10 Å². The van der Waals surface area contributed by atoms with Gasteiger partial charge in [0.05, 0.1) is 6.54 Å². The Balaban J connectivity index is 0.00000261. The summed E-state index contributed by atoms with van der Waals surface area (Å²) < 4.78 is 1.77. The lowest BCUT2D eigenvalue weighted by Gasteiger charge is -2.33. The largest absolute Gasteiger partial charge is 0.354 e. The Morgan fingerprint density at radius 1 is 1.26 bits per heavy atom. The van der Waals surface area contributed by atoms with Crippen LogP contribution in [0, 0.1) is 6.92 Å². The molecule has 0 aliphatic carbocycles. The summed E-state index contributed by atoms with van der Waals surface area (Å²) in [7, 11) is 3.70. The summed E-state index contributed by atoms with van der Waals surface area (Å²) in [5.41, 5.74) is 2.81. The summed E-state index contributed by atoms with van der Waals surface area (Å²) in [6.07, 6.45) is 3.81. The standard InChI is InChI=1S/C19H29N7.HI/c1-15-6-4-5-7-16(15)13-26-10-8-17(9-11-26)24-19(20-2)21-12-18-22-14-23-25(18)3;/h4-7,14,17H,8-13H2,1-3H3,(H2,20,21,24);1H. The van der Waals surface area contributed by atoms with Crippen LogP contribution in [0.25, 0.3) is 0 Å². The molecule has 0 saturated carbocycles. The van der Waals surface area contributed by atoms with Gasteiger partial charge in [0.25, 0.3) is 0 Å². The highest BCUT2D eigenvalue weighted by Gasteiger charge is 2.20. The van der Waals surface area contributed by atoms with Crippen LogP contribution in [0.3, 0.4) is 0 Å². The Labute approximate surface area is 178 Å². The predicted octanol–water partition coefficient (Wildman–Crippen LogP) is 2.07. The van der Waals surface area contributed by atoms with Gasteiger partial charge >= 0.3 is 0 Å². The van der Waals surface area contributed by atoms with Gasteiger partial charge in [0.15, 0.2) is 5.96 Å². The molecule has 2 aromatic rings. The zero-order chi connectivity index (χ0) is 18.4.